The number of alkyl halides is 3. The van der Waals surface area contributed by atoms with Crippen molar-refractivity contribution in [1.29, 1.82) is 0 Å². The van der Waals surface area contributed by atoms with Gasteiger partial charge in [0.05, 0.1) is 23.5 Å². The Bertz CT molecular complexity index is 1070. The maximum absolute atomic E-state index is 13.4. The van der Waals surface area contributed by atoms with E-state index in [2.05, 4.69) is 30.1 Å². The summed E-state index contributed by atoms with van der Waals surface area (Å²) in [6.07, 6.45) is 0.0567. The Hall–Kier alpha value is -2.89. The molecule has 1 amide bonds. The third kappa shape index (κ3) is 5.77. The number of nitrogens with zero attached hydrogens (tertiary/aromatic N) is 3. The molecule has 1 N–H and O–H groups in total. The fraction of sp³-hybridized carbons (Fsp3) is 0.391. The number of ether oxygens (including phenoxy) is 2. The first-order valence-corrected chi connectivity index (χ1v) is 14.6. The lowest BCUT2D eigenvalue weighted by molar-refractivity contribution is -0.130. The zero-order chi connectivity index (χ0) is 24.5. The van der Waals surface area contributed by atoms with Gasteiger partial charge in [-0.25, -0.2) is 5.43 Å². The molecule has 0 bridgehead atoms. The van der Waals surface area contributed by atoms with E-state index in [1.165, 1.54) is 18.5 Å². The number of carbonyl (C=O) groups excluding carboxylic acids is 1. The molecule has 0 aliphatic carbocycles. The molecule has 2 aliphatic heterocycles. The Morgan fingerprint density at radius 3 is 2.65 bits per heavy atom. The normalized spacial score (nSPS) is 18.0. The van der Waals surface area contributed by atoms with Gasteiger partial charge in [-0.15, -0.1) is 0 Å². The van der Waals surface area contributed by atoms with Gasteiger partial charge in [-0.2, -0.15) is 13.2 Å². The minimum Gasteiger partial charge on any atom is -0.456 e. The number of halogens is 3. The third-order valence-corrected chi connectivity index (χ3v) is 7.14. The quantitative estimate of drug-likeness (QED) is 0.420. The van der Waals surface area contributed by atoms with Gasteiger partial charge in [0.15, 0.2) is 0 Å². The molecule has 0 spiro atoms. The molecule has 182 valence electrons. The molecule has 2 aliphatic rings. The molecule has 0 saturated heterocycles. The molecular weight excluding hydrogens is 465 g/mol. The Kier molecular flexibility index (Phi) is 6.70. The SMILES string of the molecule is C[Si](C)(C)CCOCN1C=C2C(=O)N(CC(F)(F)F)c3cc(Oc4cccnc4)ccc3C2N1. The van der Waals surface area contributed by atoms with Crippen LogP contribution in [0.25, 0.3) is 0 Å². The first-order chi connectivity index (χ1) is 16.0. The monoisotopic (exact) mass is 492 g/mol. The lowest BCUT2D eigenvalue weighted by atomic mass is 9.92. The van der Waals surface area contributed by atoms with Gasteiger partial charge in [0.1, 0.15) is 24.8 Å². The number of anilines is 1. The van der Waals surface area contributed by atoms with E-state index in [0.717, 1.165) is 10.9 Å². The molecule has 0 radical (unpaired) electrons. The van der Waals surface area contributed by atoms with Crippen molar-refractivity contribution >= 4 is 19.7 Å². The van der Waals surface area contributed by atoms with Crippen molar-refractivity contribution in [3.05, 3.63) is 60.1 Å². The summed E-state index contributed by atoms with van der Waals surface area (Å²) in [5.74, 6) is 0.0438. The van der Waals surface area contributed by atoms with Gasteiger partial charge in [0.2, 0.25) is 0 Å². The summed E-state index contributed by atoms with van der Waals surface area (Å²) in [4.78, 5) is 17.9. The molecule has 3 heterocycles. The lowest BCUT2D eigenvalue weighted by Crippen LogP contribution is -2.45. The van der Waals surface area contributed by atoms with Crippen LogP contribution in [0.5, 0.6) is 11.5 Å². The van der Waals surface area contributed by atoms with E-state index >= 15 is 0 Å². The van der Waals surface area contributed by atoms with Crippen molar-refractivity contribution in [3.63, 3.8) is 0 Å². The van der Waals surface area contributed by atoms with Crippen molar-refractivity contribution in [1.82, 2.24) is 15.4 Å². The van der Waals surface area contributed by atoms with E-state index in [0.29, 0.717) is 23.7 Å². The number of hydrogen-bond acceptors (Lipinski definition) is 6. The average molecular weight is 493 g/mol. The second kappa shape index (κ2) is 9.39. The summed E-state index contributed by atoms with van der Waals surface area (Å²) in [5.41, 5.74) is 4.13. The van der Waals surface area contributed by atoms with Gasteiger partial charge in [0.25, 0.3) is 5.91 Å². The van der Waals surface area contributed by atoms with E-state index < -0.39 is 32.7 Å². The third-order valence-electron chi connectivity index (χ3n) is 5.43. The first-order valence-electron chi connectivity index (χ1n) is 10.9. The van der Waals surface area contributed by atoms with E-state index in [1.54, 1.807) is 35.5 Å². The molecule has 0 saturated carbocycles. The van der Waals surface area contributed by atoms with Gasteiger partial charge < -0.3 is 9.47 Å². The van der Waals surface area contributed by atoms with Gasteiger partial charge in [-0.05, 0) is 29.8 Å². The number of pyridine rings is 1. The number of fused-ring (bicyclic) bond motifs is 3. The topological polar surface area (TPSA) is 66.9 Å². The van der Waals surface area contributed by atoms with Crippen molar-refractivity contribution in [2.45, 2.75) is 37.9 Å². The van der Waals surface area contributed by atoms with Gasteiger partial charge in [-0.3, -0.25) is 19.7 Å². The summed E-state index contributed by atoms with van der Waals surface area (Å²) in [6.45, 7) is 6.12. The predicted octanol–water partition coefficient (Wildman–Crippen LogP) is 4.84. The van der Waals surface area contributed by atoms with Crippen LogP contribution < -0.4 is 15.1 Å². The molecule has 1 aromatic heterocycles. The molecule has 34 heavy (non-hydrogen) atoms. The minimum atomic E-state index is -4.56. The summed E-state index contributed by atoms with van der Waals surface area (Å²) >= 11 is 0. The lowest BCUT2D eigenvalue weighted by Gasteiger charge is -2.34. The van der Waals surface area contributed by atoms with E-state index in [1.807, 2.05) is 0 Å². The number of amides is 1. The fourth-order valence-corrected chi connectivity index (χ4v) is 4.51. The molecule has 2 aromatic rings. The van der Waals surface area contributed by atoms with Crippen molar-refractivity contribution < 1.29 is 27.4 Å². The average Bonchev–Trinajstić information content (AvgIpc) is 3.18. The number of benzene rings is 1. The number of hydrogen-bond donors (Lipinski definition) is 1. The molecule has 0 fully saturated rings. The molecule has 1 unspecified atom stereocenters. The van der Waals surface area contributed by atoms with Crippen LogP contribution in [0, 0.1) is 0 Å². The Balaban J connectivity index is 1.58. The zero-order valence-corrected chi connectivity index (χ0v) is 20.2. The summed E-state index contributed by atoms with van der Waals surface area (Å²) < 4.78 is 51.6. The van der Waals surface area contributed by atoms with Crippen LogP contribution in [-0.4, -0.2) is 50.0 Å². The van der Waals surface area contributed by atoms with E-state index in [9.17, 15) is 18.0 Å². The zero-order valence-electron chi connectivity index (χ0n) is 19.2. The number of nitrogens with one attached hydrogen (secondary N) is 1. The van der Waals surface area contributed by atoms with Crippen LogP contribution in [0.3, 0.4) is 0 Å². The van der Waals surface area contributed by atoms with Crippen LogP contribution in [0.1, 0.15) is 11.6 Å². The second-order valence-corrected chi connectivity index (χ2v) is 15.1. The standard InChI is InChI=1S/C23H27F3N4O3Si/c1-34(2,3)10-9-32-15-29-13-19-21(28-29)18-7-6-16(33-17-5-4-8-27-12-17)11-20(18)30(22(19)31)14-23(24,25)26/h4-8,11-13,21,28H,9-10,14-15H2,1-3H3. The number of rotatable bonds is 8. The Labute approximate surface area is 197 Å². The summed E-state index contributed by atoms with van der Waals surface area (Å²) in [5, 5.41) is 1.61. The van der Waals surface area contributed by atoms with Crippen LogP contribution in [0.15, 0.2) is 54.5 Å². The van der Waals surface area contributed by atoms with Crippen molar-refractivity contribution in [2.75, 3.05) is 24.8 Å². The highest BCUT2D eigenvalue weighted by Gasteiger charge is 2.44. The highest BCUT2D eigenvalue weighted by molar-refractivity contribution is 6.76. The Morgan fingerprint density at radius 1 is 1.18 bits per heavy atom. The fourth-order valence-electron chi connectivity index (χ4n) is 3.76. The first kappa shape index (κ1) is 24.2. The molecular formula is C23H27F3N4O3Si. The molecule has 1 atom stereocenters. The molecule has 4 rings (SSSR count). The highest BCUT2D eigenvalue weighted by atomic mass is 28.3. The largest absolute Gasteiger partial charge is 0.456 e. The maximum Gasteiger partial charge on any atom is 0.406 e. The highest BCUT2D eigenvalue weighted by Crippen LogP contribution is 2.43. The van der Waals surface area contributed by atoms with Crippen LogP contribution in [0.2, 0.25) is 25.7 Å². The second-order valence-electron chi connectivity index (χ2n) is 9.48. The molecule has 1 aromatic carbocycles. The van der Waals surface area contributed by atoms with E-state index in [4.69, 9.17) is 9.47 Å². The van der Waals surface area contributed by atoms with Crippen molar-refractivity contribution in [2.24, 2.45) is 0 Å². The predicted molar refractivity (Wildman–Crippen MR) is 124 cm³/mol. The van der Waals surface area contributed by atoms with Crippen LogP contribution >= 0.6 is 0 Å². The van der Waals surface area contributed by atoms with Crippen LogP contribution in [-0.2, 0) is 9.53 Å². The smallest absolute Gasteiger partial charge is 0.406 e. The summed E-state index contributed by atoms with van der Waals surface area (Å²) in [6, 6.07) is 8.59. The van der Waals surface area contributed by atoms with Crippen molar-refractivity contribution in [3.8, 4) is 11.5 Å². The number of hydrazine groups is 1. The summed E-state index contributed by atoms with van der Waals surface area (Å²) in [7, 11) is -1.25. The number of aromatic nitrogens is 1. The van der Waals surface area contributed by atoms with Gasteiger partial charge >= 0.3 is 6.18 Å². The minimum absolute atomic E-state index is 0.153. The van der Waals surface area contributed by atoms with Gasteiger partial charge in [-0.1, -0.05) is 25.7 Å². The van der Waals surface area contributed by atoms with Crippen LogP contribution in [0.4, 0.5) is 18.9 Å². The number of carbonyl (C=O) groups is 1. The Morgan fingerprint density at radius 2 is 1.97 bits per heavy atom. The maximum atomic E-state index is 13.4. The molecule has 11 heteroatoms. The molecule has 7 nitrogen and oxygen atoms in total. The van der Waals surface area contributed by atoms with Gasteiger partial charge in [0, 0.05) is 33.1 Å². The van der Waals surface area contributed by atoms with E-state index in [-0.39, 0.29) is 18.0 Å².